The summed E-state index contributed by atoms with van der Waals surface area (Å²) in [5.74, 6) is 1.77. The van der Waals surface area contributed by atoms with Crippen molar-refractivity contribution in [1.82, 2.24) is 8.61 Å². The Kier molecular flexibility index (Phi) is 6.72. The molecule has 2 heterocycles. The van der Waals surface area contributed by atoms with Crippen LogP contribution >= 0.6 is 0 Å². The smallest absolute Gasteiger partial charge is 0.243 e. The molecule has 4 unspecified atom stereocenters. The van der Waals surface area contributed by atoms with Crippen molar-refractivity contribution < 1.29 is 21.6 Å². The largest absolute Gasteiger partial charge is 0.289 e. The summed E-state index contributed by atoms with van der Waals surface area (Å²) in [6.07, 6.45) is 11.2. The number of fused-ring (bicyclic) bond motifs is 5. The number of rotatable bonds is 4. The zero-order valence-electron chi connectivity index (χ0n) is 22.9. The quantitative estimate of drug-likeness (QED) is 0.416. The van der Waals surface area contributed by atoms with E-state index >= 15 is 0 Å². The first kappa shape index (κ1) is 26.8. The van der Waals surface area contributed by atoms with Gasteiger partial charge in [-0.15, -0.1) is 0 Å². The van der Waals surface area contributed by atoms with Crippen molar-refractivity contribution in [2.24, 2.45) is 23.7 Å². The lowest BCUT2D eigenvalue weighted by Crippen LogP contribution is -2.44. The molecule has 2 aromatic rings. The highest BCUT2D eigenvalue weighted by molar-refractivity contribution is 7.89. The number of piperidine rings is 2. The van der Waals surface area contributed by atoms with E-state index in [4.69, 9.17) is 0 Å². The van der Waals surface area contributed by atoms with Gasteiger partial charge in [0.05, 0.1) is 9.79 Å². The number of carbonyl (C=O) groups is 1. The van der Waals surface area contributed by atoms with Gasteiger partial charge in [0.2, 0.25) is 20.0 Å². The molecule has 4 fully saturated rings. The van der Waals surface area contributed by atoms with Crippen molar-refractivity contribution in [2.75, 3.05) is 26.2 Å². The SMILES string of the molecule is O=C1c2cc(S(=O)(=O)N3CCC4CCCCC4C3)ccc2-c2ccc(S(=O)(=O)N3CCC4CCCCC4C3)cc21. The van der Waals surface area contributed by atoms with Crippen molar-refractivity contribution in [2.45, 2.75) is 74.0 Å². The molecule has 7 rings (SSSR count). The van der Waals surface area contributed by atoms with E-state index in [1.165, 1.54) is 37.8 Å². The lowest BCUT2D eigenvalue weighted by Gasteiger charge is -2.40. The van der Waals surface area contributed by atoms with E-state index in [1.54, 1.807) is 32.9 Å². The van der Waals surface area contributed by atoms with Crippen LogP contribution in [0.3, 0.4) is 0 Å². The predicted molar refractivity (Wildman–Crippen MR) is 153 cm³/mol. The fraction of sp³-hybridized carbons (Fsp3) is 0.581. The highest BCUT2D eigenvalue weighted by Gasteiger charge is 2.39. The molecule has 214 valence electrons. The van der Waals surface area contributed by atoms with Gasteiger partial charge in [0.15, 0.2) is 5.78 Å². The highest BCUT2D eigenvalue weighted by Crippen LogP contribution is 2.42. The molecule has 0 radical (unpaired) electrons. The van der Waals surface area contributed by atoms with Crippen LogP contribution in [0.15, 0.2) is 46.2 Å². The number of carbonyl (C=O) groups excluding carboxylic acids is 1. The molecule has 2 aliphatic heterocycles. The van der Waals surface area contributed by atoms with Crippen LogP contribution in [0.2, 0.25) is 0 Å². The molecule has 0 amide bonds. The molecule has 7 nitrogen and oxygen atoms in total. The number of sulfonamides is 2. The van der Waals surface area contributed by atoms with Gasteiger partial charge in [-0.2, -0.15) is 8.61 Å². The molecule has 2 aromatic carbocycles. The van der Waals surface area contributed by atoms with E-state index in [2.05, 4.69) is 0 Å². The molecule has 40 heavy (non-hydrogen) atoms. The van der Waals surface area contributed by atoms with Gasteiger partial charge in [0.1, 0.15) is 0 Å². The molecule has 3 aliphatic carbocycles. The van der Waals surface area contributed by atoms with Gasteiger partial charge in [-0.05, 0) is 84.7 Å². The Morgan fingerprint density at radius 2 is 0.925 bits per heavy atom. The molecular formula is C31H38N2O5S2. The number of benzene rings is 2. The van der Waals surface area contributed by atoms with Gasteiger partial charge in [-0.25, -0.2) is 16.8 Å². The van der Waals surface area contributed by atoms with Crippen molar-refractivity contribution in [3.63, 3.8) is 0 Å². The number of nitrogens with zero attached hydrogens (tertiary/aromatic N) is 2. The van der Waals surface area contributed by atoms with E-state index in [9.17, 15) is 21.6 Å². The van der Waals surface area contributed by atoms with Gasteiger partial charge in [-0.1, -0.05) is 50.7 Å². The summed E-state index contributed by atoms with van der Waals surface area (Å²) in [5.41, 5.74) is 2.00. The molecule has 0 spiro atoms. The Balaban J connectivity index is 1.14. The Morgan fingerprint density at radius 1 is 0.525 bits per heavy atom. The number of hydrogen-bond donors (Lipinski definition) is 0. The maximum absolute atomic E-state index is 13.6. The maximum Gasteiger partial charge on any atom is 0.243 e. The van der Waals surface area contributed by atoms with E-state index in [0.29, 0.717) is 72.1 Å². The van der Waals surface area contributed by atoms with Gasteiger partial charge in [-0.3, -0.25) is 4.79 Å². The fourth-order valence-electron chi connectivity index (χ4n) is 8.23. The Bertz CT molecular complexity index is 1450. The molecule has 0 bridgehead atoms. The second kappa shape index (κ2) is 10.0. The van der Waals surface area contributed by atoms with Crippen LogP contribution in [-0.2, 0) is 20.0 Å². The summed E-state index contributed by atoms with van der Waals surface area (Å²) in [5, 5.41) is 0. The third-order valence-corrected chi connectivity index (χ3v) is 14.3. The first-order chi connectivity index (χ1) is 19.2. The van der Waals surface area contributed by atoms with Crippen molar-refractivity contribution in [3.8, 4) is 11.1 Å². The minimum absolute atomic E-state index is 0.143. The summed E-state index contributed by atoms with van der Waals surface area (Å²) in [6, 6.07) is 9.62. The monoisotopic (exact) mass is 582 g/mol. The molecule has 2 saturated heterocycles. The first-order valence-corrected chi connectivity index (χ1v) is 17.9. The summed E-state index contributed by atoms with van der Waals surface area (Å²) >= 11 is 0. The summed E-state index contributed by atoms with van der Waals surface area (Å²) in [4.78, 5) is 13.8. The summed E-state index contributed by atoms with van der Waals surface area (Å²) < 4.78 is 57.7. The maximum atomic E-state index is 13.6. The highest BCUT2D eigenvalue weighted by atomic mass is 32.2. The average Bonchev–Trinajstić information content (AvgIpc) is 3.27. The van der Waals surface area contributed by atoms with Crippen LogP contribution in [0.1, 0.15) is 80.1 Å². The fourth-order valence-corrected chi connectivity index (χ4v) is 11.3. The predicted octanol–water partition coefficient (Wildman–Crippen LogP) is 5.30. The normalized spacial score (nSPS) is 29.4. The molecular weight excluding hydrogens is 544 g/mol. The third kappa shape index (κ3) is 4.39. The lowest BCUT2D eigenvalue weighted by atomic mass is 9.76. The van der Waals surface area contributed by atoms with Crippen LogP contribution in [0.4, 0.5) is 0 Å². The molecule has 2 saturated carbocycles. The van der Waals surface area contributed by atoms with Gasteiger partial charge in [0.25, 0.3) is 0 Å². The van der Waals surface area contributed by atoms with E-state index < -0.39 is 20.0 Å². The zero-order valence-corrected chi connectivity index (χ0v) is 24.6. The number of ketones is 1. The molecule has 9 heteroatoms. The van der Waals surface area contributed by atoms with Gasteiger partial charge >= 0.3 is 0 Å². The topological polar surface area (TPSA) is 91.8 Å². The second-order valence-corrected chi connectivity index (χ2v) is 16.5. The summed E-state index contributed by atoms with van der Waals surface area (Å²) in [6.45, 7) is 2.15. The first-order valence-electron chi connectivity index (χ1n) is 15.1. The molecule has 0 aromatic heterocycles. The standard InChI is InChI=1S/C31H38N2O5S2/c34-31-29-17-25(39(35,36)32-15-13-21-5-1-3-7-23(21)19-32)9-11-27(29)28-12-10-26(18-30(28)31)40(37,38)33-16-14-22-6-2-4-8-24(22)20-33/h9-12,17-18,21-24H,1-8,13-16,19-20H2. The van der Waals surface area contributed by atoms with Crippen LogP contribution in [0.5, 0.6) is 0 Å². The van der Waals surface area contributed by atoms with Crippen molar-refractivity contribution >= 4 is 25.8 Å². The lowest BCUT2D eigenvalue weighted by molar-refractivity contribution is 0.104. The second-order valence-electron chi connectivity index (χ2n) is 12.7. The Labute approximate surface area is 238 Å². The van der Waals surface area contributed by atoms with E-state index in [1.807, 2.05) is 0 Å². The minimum atomic E-state index is -3.72. The van der Waals surface area contributed by atoms with Gasteiger partial charge in [0, 0.05) is 37.3 Å². The van der Waals surface area contributed by atoms with Crippen LogP contribution in [-0.4, -0.2) is 57.4 Å². The van der Waals surface area contributed by atoms with E-state index in [0.717, 1.165) is 38.5 Å². The van der Waals surface area contributed by atoms with Crippen molar-refractivity contribution in [1.29, 1.82) is 0 Å². The number of hydrogen-bond acceptors (Lipinski definition) is 5. The zero-order chi connectivity index (χ0) is 27.6. The molecule has 4 atom stereocenters. The molecule has 5 aliphatic rings. The van der Waals surface area contributed by atoms with Crippen molar-refractivity contribution in [3.05, 3.63) is 47.5 Å². The molecule has 0 N–H and O–H groups in total. The van der Waals surface area contributed by atoms with Crippen LogP contribution in [0.25, 0.3) is 11.1 Å². The Hall–Kier alpha value is -2.07. The summed E-state index contributed by atoms with van der Waals surface area (Å²) in [7, 11) is -7.44. The van der Waals surface area contributed by atoms with E-state index in [-0.39, 0.29) is 15.6 Å². The Morgan fingerprint density at radius 3 is 1.35 bits per heavy atom. The third-order valence-electron chi connectivity index (χ3n) is 10.5. The average molecular weight is 583 g/mol. The van der Waals surface area contributed by atoms with Crippen LogP contribution in [0, 0.1) is 23.7 Å². The van der Waals surface area contributed by atoms with Crippen LogP contribution < -0.4 is 0 Å². The minimum Gasteiger partial charge on any atom is -0.289 e. The van der Waals surface area contributed by atoms with Gasteiger partial charge < -0.3 is 0 Å².